The SMILES string of the molecule is CS[C@H]1C(c2ccc(C)c(Cc3ccc(-c4cccc(CN5CCOCC5)c4)s3)c2)O[C@H](C)[C@@H](C)[C@@H]1OC(C)=O.CS[C@H]1OC(c2ccc(C)c(Cc3ccc(-c4cccc(CN5CCOCC5)c4)s3)c2)[C@H](O)[C@@H](O)[C@@H]1O.C[O-].[Na+]. The number of ether oxygens (including phenoxy) is 5. The number of nitrogens with zero attached hydrogens (tertiary/aromatic N) is 2. The normalized spacial score (nSPS) is 25.3. The molecule has 3 N–H and O–H groups in total. The minimum Gasteiger partial charge on any atom is -0.857 e. The number of benzene rings is 4. The minimum atomic E-state index is -1.25. The Balaban J connectivity index is 0.000000222. The van der Waals surface area contributed by atoms with Crippen LogP contribution in [0.2, 0.25) is 0 Å². The Morgan fingerprint density at radius 1 is 0.637 bits per heavy atom. The second-order valence-corrected chi connectivity index (χ2v) is 25.3. The number of aryl methyl sites for hydroxylation is 2. The van der Waals surface area contributed by atoms with E-state index in [9.17, 15) is 20.1 Å². The van der Waals surface area contributed by atoms with Crippen LogP contribution < -0.4 is 34.7 Å². The van der Waals surface area contributed by atoms with E-state index < -0.39 is 29.9 Å². The third kappa shape index (κ3) is 16.7. The molecular formula is C63H79N2NaO10S4. The van der Waals surface area contributed by atoms with Crippen molar-refractivity contribution < 1.29 is 78.5 Å². The number of hydrogen-bond donors (Lipinski definition) is 3. The fourth-order valence-electron chi connectivity index (χ4n) is 10.8. The summed E-state index contributed by atoms with van der Waals surface area (Å²) in [7, 11) is 0.750. The van der Waals surface area contributed by atoms with Crippen molar-refractivity contribution in [2.45, 2.75) is 114 Å². The van der Waals surface area contributed by atoms with Crippen molar-refractivity contribution in [1.82, 2.24) is 9.80 Å². The number of carbonyl (C=O) groups excluding carboxylic acids is 1. The number of aliphatic hydroxyl groups excluding tert-OH is 3. The summed E-state index contributed by atoms with van der Waals surface area (Å²) in [6.45, 7) is 19.1. The van der Waals surface area contributed by atoms with Gasteiger partial charge in [-0.25, -0.2) is 0 Å². The quantitative estimate of drug-likeness (QED) is 0.0724. The van der Waals surface area contributed by atoms with Crippen LogP contribution in [0.1, 0.15) is 87.2 Å². The zero-order chi connectivity index (χ0) is 56.2. The zero-order valence-corrected chi connectivity index (χ0v) is 53.1. The average Bonchev–Trinajstić information content (AvgIpc) is 4.22. The molecule has 2 aromatic heterocycles. The van der Waals surface area contributed by atoms with E-state index in [0.29, 0.717) is 0 Å². The molecule has 6 heterocycles. The van der Waals surface area contributed by atoms with Crippen LogP contribution in [0.25, 0.3) is 20.9 Å². The van der Waals surface area contributed by atoms with Crippen molar-refractivity contribution in [2.24, 2.45) is 5.92 Å². The third-order valence-corrected chi connectivity index (χ3v) is 19.7. The smallest absolute Gasteiger partial charge is 0.857 e. The van der Waals surface area contributed by atoms with E-state index in [4.69, 9.17) is 28.8 Å². The van der Waals surface area contributed by atoms with Gasteiger partial charge in [-0.2, -0.15) is 18.9 Å². The topological polar surface area (TPSA) is 153 Å². The summed E-state index contributed by atoms with van der Waals surface area (Å²) in [5, 5.41) is 39.5. The minimum absolute atomic E-state index is 0. The summed E-state index contributed by atoms with van der Waals surface area (Å²) in [6, 6.07) is 39.4. The molecule has 6 aromatic rings. The Labute approximate surface area is 512 Å². The van der Waals surface area contributed by atoms with Crippen LogP contribution in [0.3, 0.4) is 0 Å². The summed E-state index contributed by atoms with van der Waals surface area (Å²) in [4.78, 5) is 22.0. The first-order chi connectivity index (χ1) is 38.2. The van der Waals surface area contributed by atoms with Gasteiger partial charge in [-0.05, 0) is 125 Å². The molecule has 4 aliphatic heterocycles. The Kier molecular flexibility index (Phi) is 25.2. The average molecular weight is 1180 g/mol. The number of esters is 1. The maximum Gasteiger partial charge on any atom is 1.00 e. The van der Waals surface area contributed by atoms with E-state index in [1.165, 1.54) is 77.1 Å². The van der Waals surface area contributed by atoms with Crippen molar-refractivity contribution >= 4 is 52.2 Å². The van der Waals surface area contributed by atoms with Crippen LogP contribution >= 0.6 is 46.2 Å². The molecule has 12 nitrogen and oxygen atoms in total. The second kappa shape index (κ2) is 31.3. The fourth-order valence-corrected chi connectivity index (χ4v) is 14.6. The Morgan fingerprint density at radius 2 is 1.12 bits per heavy atom. The molecule has 4 saturated heterocycles. The van der Waals surface area contributed by atoms with Crippen molar-refractivity contribution in [3.63, 3.8) is 0 Å². The second-order valence-electron chi connectivity index (χ2n) is 21.0. The van der Waals surface area contributed by atoms with E-state index >= 15 is 0 Å². The van der Waals surface area contributed by atoms with Gasteiger partial charge in [0, 0.05) is 84.5 Å². The first kappa shape index (κ1) is 64.6. The van der Waals surface area contributed by atoms with Crippen LogP contribution in [-0.4, -0.2) is 145 Å². The van der Waals surface area contributed by atoms with Crippen LogP contribution in [-0.2, 0) is 54.4 Å². The van der Waals surface area contributed by atoms with E-state index in [0.717, 1.165) is 102 Å². The molecule has 80 heavy (non-hydrogen) atoms. The monoisotopic (exact) mass is 1170 g/mol. The summed E-state index contributed by atoms with van der Waals surface area (Å²) in [5.41, 5.74) is 11.5. The van der Waals surface area contributed by atoms with Gasteiger partial charge in [-0.1, -0.05) is 79.7 Å². The molecule has 0 amide bonds. The van der Waals surface area contributed by atoms with Crippen molar-refractivity contribution in [1.29, 1.82) is 0 Å². The number of thioether (sulfide) groups is 2. The van der Waals surface area contributed by atoms with Gasteiger partial charge >= 0.3 is 35.5 Å². The molecule has 10 rings (SSSR count). The van der Waals surface area contributed by atoms with Crippen LogP contribution in [0.5, 0.6) is 0 Å². The van der Waals surface area contributed by atoms with Crippen LogP contribution in [0.15, 0.2) is 109 Å². The number of thiophene rings is 2. The predicted octanol–water partition coefficient (Wildman–Crippen LogP) is 6.88. The summed E-state index contributed by atoms with van der Waals surface area (Å²) in [5.74, 6) is -0.0899. The van der Waals surface area contributed by atoms with Gasteiger partial charge in [-0.15, -0.1) is 34.4 Å². The van der Waals surface area contributed by atoms with Gasteiger partial charge in [-0.3, -0.25) is 14.6 Å². The molecule has 0 bridgehead atoms. The van der Waals surface area contributed by atoms with Gasteiger partial charge in [0.25, 0.3) is 0 Å². The van der Waals surface area contributed by atoms with E-state index in [-0.39, 0.29) is 65.0 Å². The third-order valence-electron chi connectivity index (χ3n) is 15.5. The summed E-state index contributed by atoms with van der Waals surface area (Å²) >= 11 is 6.72. The van der Waals surface area contributed by atoms with Crippen molar-refractivity contribution in [2.75, 3.05) is 72.2 Å². The van der Waals surface area contributed by atoms with Gasteiger partial charge in [0.1, 0.15) is 36.0 Å². The molecule has 0 radical (unpaired) electrons. The summed E-state index contributed by atoms with van der Waals surface area (Å²) < 4.78 is 29.3. The molecule has 4 aromatic carbocycles. The molecular weight excluding hydrogens is 1100 g/mol. The maximum absolute atomic E-state index is 11.9. The van der Waals surface area contributed by atoms with Crippen LogP contribution in [0.4, 0.5) is 0 Å². The first-order valence-corrected chi connectivity index (χ1v) is 31.6. The Hall–Kier alpha value is -2.95. The number of carbonyl (C=O) groups is 1. The summed E-state index contributed by atoms with van der Waals surface area (Å²) in [6.07, 6.45) is 1.01. The number of aliphatic hydroxyl groups is 3. The fraction of sp³-hybridized carbons (Fsp3) is 0.476. The van der Waals surface area contributed by atoms with Gasteiger partial charge in [0.15, 0.2) is 0 Å². The molecule has 4 aliphatic rings. The van der Waals surface area contributed by atoms with Gasteiger partial charge < -0.3 is 44.1 Å². The van der Waals surface area contributed by atoms with Crippen molar-refractivity contribution in [3.8, 4) is 20.9 Å². The molecule has 426 valence electrons. The number of morpholine rings is 2. The first-order valence-electron chi connectivity index (χ1n) is 27.4. The molecule has 0 aliphatic carbocycles. The Bertz CT molecular complexity index is 2890. The molecule has 2 unspecified atom stereocenters. The molecule has 0 spiro atoms. The molecule has 10 atom stereocenters. The molecule has 0 saturated carbocycles. The number of hydrogen-bond acceptors (Lipinski definition) is 16. The van der Waals surface area contributed by atoms with E-state index in [2.05, 4.69) is 141 Å². The van der Waals surface area contributed by atoms with Crippen LogP contribution in [0, 0.1) is 19.8 Å². The maximum atomic E-state index is 11.9. The largest absolute Gasteiger partial charge is 1.00 e. The van der Waals surface area contributed by atoms with E-state index in [1.54, 1.807) is 23.1 Å². The van der Waals surface area contributed by atoms with E-state index in [1.807, 2.05) is 29.7 Å². The molecule has 4 fully saturated rings. The Morgan fingerprint density at radius 3 is 1.59 bits per heavy atom. The van der Waals surface area contributed by atoms with Crippen molar-refractivity contribution in [3.05, 3.63) is 163 Å². The van der Waals surface area contributed by atoms with Gasteiger partial charge in [0.2, 0.25) is 0 Å². The number of rotatable bonds is 15. The standard InChI is InChI=1S/C33H41NO4S2.C29H35NO5S2.CH3O.Na/c1-21-9-10-27(32-33(39-5)31(38-24(4)35)22(2)23(3)37-32)18-28(21)19-29-11-12-30(40-29)26-8-6-7-25(17-26)20-34-13-15-36-16-14-34;1-18-6-7-21(28-26(32)25(31)27(33)29(35-28)36-2)15-22(18)16-23-8-9-24(37-23)20-5-3-4-19(14-20)17-30-10-12-34-13-11-30;1-2;/h6-12,17-18,22-23,31-33H,13-16,19-20H2,1-5H3;3-9,14-15,25-29,31-33H,10-13,16-17H2,1-2H3;1H3;/q;;-1;+1/t22-,23-,31+,32?,33-;25-,26-,27+,28?,29-;;/m11../s1. The zero-order valence-electron chi connectivity index (χ0n) is 47.9. The molecule has 17 heteroatoms. The van der Waals surface area contributed by atoms with Gasteiger partial charge in [0.05, 0.1) is 43.9 Å². The predicted molar refractivity (Wildman–Crippen MR) is 320 cm³/mol.